The fraction of sp³-hybridized carbons (Fsp3) is 0. The molecule has 6 aromatic carbocycles. The van der Waals surface area contributed by atoms with Crippen molar-refractivity contribution in [3.05, 3.63) is 170 Å². The van der Waals surface area contributed by atoms with Crippen molar-refractivity contribution in [2.45, 2.75) is 0 Å². The summed E-state index contributed by atoms with van der Waals surface area (Å²) in [5.74, 6) is 0. The van der Waals surface area contributed by atoms with E-state index in [1.807, 2.05) is 36.8 Å². The van der Waals surface area contributed by atoms with Gasteiger partial charge in [0.1, 0.15) is 0 Å². The third-order valence-electron chi connectivity index (χ3n) is 9.70. The first kappa shape index (κ1) is 27.5. The van der Waals surface area contributed by atoms with Crippen LogP contribution in [0, 0.1) is 0 Å². The maximum Gasteiger partial charge on any atom is 0.0802 e. The van der Waals surface area contributed by atoms with Crippen molar-refractivity contribution >= 4 is 54.5 Å². The number of fused-ring (bicyclic) bond motifs is 7. The summed E-state index contributed by atoms with van der Waals surface area (Å²) >= 11 is 0. The standard InChI is InChI=1S/C45H28N4/c1-4-15-40-37(12-1)35(20-23-46-40)32-25-31(26-33(27-32)36-21-24-47-41-16-5-2-13-38(36)41)30-9-7-11-34(28-30)49-42-17-6-3-14-39(42)44-43(49)19-18-29-10-8-22-48-45(29)44/h1-28H. The Kier molecular flexibility index (Phi) is 6.15. The highest BCUT2D eigenvalue weighted by Gasteiger charge is 2.17. The summed E-state index contributed by atoms with van der Waals surface area (Å²) in [6.45, 7) is 0. The molecule has 0 fully saturated rings. The number of benzene rings is 6. The van der Waals surface area contributed by atoms with Crippen molar-refractivity contribution in [3.63, 3.8) is 0 Å². The van der Waals surface area contributed by atoms with Crippen molar-refractivity contribution in [1.29, 1.82) is 0 Å². The van der Waals surface area contributed by atoms with E-state index in [0.29, 0.717) is 0 Å². The number of para-hydroxylation sites is 3. The van der Waals surface area contributed by atoms with E-state index in [0.717, 1.165) is 82.8 Å². The smallest absolute Gasteiger partial charge is 0.0802 e. The molecule has 0 saturated heterocycles. The van der Waals surface area contributed by atoms with Gasteiger partial charge >= 0.3 is 0 Å². The maximum atomic E-state index is 4.83. The summed E-state index contributed by atoms with van der Waals surface area (Å²) in [5.41, 5.74) is 13.3. The normalized spacial score (nSPS) is 11.7. The summed E-state index contributed by atoms with van der Waals surface area (Å²) in [7, 11) is 0. The molecule has 4 heterocycles. The van der Waals surface area contributed by atoms with Gasteiger partial charge in [0.2, 0.25) is 0 Å². The lowest BCUT2D eigenvalue weighted by Crippen LogP contribution is -1.95. The zero-order valence-corrected chi connectivity index (χ0v) is 26.5. The lowest BCUT2D eigenvalue weighted by atomic mass is 9.91. The van der Waals surface area contributed by atoms with E-state index in [2.05, 4.69) is 148 Å². The molecular weight excluding hydrogens is 597 g/mol. The minimum absolute atomic E-state index is 0.983. The van der Waals surface area contributed by atoms with Gasteiger partial charge in [0.05, 0.1) is 27.6 Å². The predicted molar refractivity (Wildman–Crippen MR) is 203 cm³/mol. The summed E-state index contributed by atoms with van der Waals surface area (Å²) in [4.78, 5) is 14.2. The number of nitrogens with zero attached hydrogens (tertiary/aromatic N) is 4. The van der Waals surface area contributed by atoms with E-state index >= 15 is 0 Å². The van der Waals surface area contributed by atoms with Gasteiger partial charge in [-0.25, -0.2) is 0 Å². The molecule has 4 nitrogen and oxygen atoms in total. The Morgan fingerprint density at radius 2 is 1.04 bits per heavy atom. The van der Waals surface area contributed by atoms with Gasteiger partial charge in [-0.2, -0.15) is 0 Å². The monoisotopic (exact) mass is 624 g/mol. The Morgan fingerprint density at radius 1 is 0.388 bits per heavy atom. The lowest BCUT2D eigenvalue weighted by molar-refractivity contribution is 1.18. The highest BCUT2D eigenvalue weighted by atomic mass is 15.0. The van der Waals surface area contributed by atoms with Crippen molar-refractivity contribution in [3.8, 4) is 39.1 Å². The lowest BCUT2D eigenvalue weighted by Gasteiger charge is -2.15. The zero-order chi connectivity index (χ0) is 32.3. The average molecular weight is 625 g/mol. The van der Waals surface area contributed by atoms with Gasteiger partial charge in [-0.3, -0.25) is 15.0 Å². The van der Waals surface area contributed by atoms with Crippen LogP contribution in [0.25, 0.3) is 93.6 Å². The third kappa shape index (κ3) is 4.42. The van der Waals surface area contributed by atoms with Crippen LogP contribution < -0.4 is 0 Å². The first-order valence-corrected chi connectivity index (χ1v) is 16.5. The summed E-state index contributed by atoms with van der Waals surface area (Å²) in [6, 6.07) is 54.0. The molecule has 0 aliphatic heterocycles. The van der Waals surface area contributed by atoms with Crippen molar-refractivity contribution in [2.24, 2.45) is 0 Å². The van der Waals surface area contributed by atoms with Crippen molar-refractivity contribution < 1.29 is 0 Å². The fourth-order valence-corrected chi connectivity index (χ4v) is 7.50. The quantitative estimate of drug-likeness (QED) is 0.196. The van der Waals surface area contributed by atoms with Crippen LogP contribution in [-0.2, 0) is 0 Å². The molecule has 0 radical (unpaired) electrons. The van der Waals surface area contributed by atoms with Crippen LogP contribution in [0.1, 0.15) is 0 Å². The molecule has 10 rings (SSSR count). The van der Waals surface area contributed by atoms with E-state index < -0.39 is 0 Å². The minimum Gasteiger partial charge on any atom is -0.309 e. The van der Waals surface area contributed by atoms with Crippen molar-refractivity contribution in [2.75, 3.05) is 0 Å². The number of hydrogen-bond acceptors (Lipinski definition) is 3. The number of aromatic nitrogens is 4. The van der Waals surface area contributed by atoms with Crippen molar-refractivity contribution in [1.82, 2.24) is 19.5 Å². The second-order valence-electron chi connectivity index (χ2n) is 12.5. The summed E-state index contributed by atoms with van der Waals surface area (Å²) < 4.78 is 2.37. The van der Waals surface area contributed by atoms with Gasteiger partial charge in [-0.15, -0.1) is 0 Å². The molecule has 0 amide bonds. The van der Waals surface area contributed by atoms with Crippen LogP contribution in [0.2, 0.25) is 0 Å². The second kappa shape index (κ2) is 11.0. The SMILES string of the molecule is c1cc(-c2cc(-c3ccnc4ccccc34)cc(-c3ccnc4ccccc34)c2)cc(-n2c3ccccc3c3c4ncccc4ccc32)c1. The highest BCUT2D eigenvalue weighted by molar-refractivity contribution is 6.20. The Labute approximate surface area is 282 Å². The van der Waals surface area contributed by atoms with Gasteiger partial charge in [0.25, 0.3) is 0 Å². The molecule has 0 saturated carbocycles. The predicted octanol–water partition coefficient (Wildman–Crippen LogP) is 11.4. The molecule has 0 spiro atoms. The summed E-state index contributed by atoms with van der Waals surface area (Å²) in [6.07, 6.45) is 5.71. The van der Waals surface area contributed by atoms with Crippen LogP contribution in [0.15, 0.2) is 170 Å². The van der Waals surface area contributed by atoms with E-state index in [9.17, 15) is 0 Å². The molecule has 49 heavy (non-hydrogen) atoms. The average Bonchev–Trinajstić information content (AvgIpc) is 3.52. The Bertz CT molecular complexity index is 2790. The van der Waals surface area contributed by atoms with Crippen LogP contribution >= 0.6 is 0 Å². The first-order valence-electron chi connectivity index (χ1n) is 16.5. The van der Waals surface area contributed by atoms with Crippen LogP contribution in [0.3, 0.4) is 0 Å². The topological polar surface area (TPSA) is 43.6 Å². The van der Waals surface area contributed by atoms with Crippen LogP contribution in [0.5, 0.6) is 0 Å². The Morgan fingerprint density at radius 3 is 1.78 bits per heavy atom. The van der Waals surface area contributed by atoms with E-state index in [4.69, 9.17) is 4.98 Å². The maximum absolute atomic E-state index is 4.83. The number of rotatable bonds is 4. The van der Waals surface area contributed by atoms with Gasteiger partial charge in [0.15, 0.2) is 0 Å². The molecule has 0 aliphatic carbocycles. The highest BCUT2D eigenvalue weighted by Crippen LogP contribution is 2.40. The van der Waals surface area contributed by atoms with Crippen LogP contribution in [0.4, 0.5) is 0 Å². The molecule has 0 N–H and O–H groups in total. The zero-order valence-electron chi connectivity index (χ0n) is 26.5. The molecule has 4 heteroatoms. The fourth-order valence-electron chi connectivity index (χ4n) is 7.50. The van der Waals surface area contributed by atoms with E-state index in [1.54, 1.807) is 0 Å². The molecule has 0 unspecified atom stereocenters. The number of hydrogen-bond donors (Lipinski definition) is 0. The Hall–Kier alpha value is -6.65. The minimum atomic E-state index is 0.983. The van der Waals surface area contributed by atoms with Gasteiger partial charge in [-0.05, 0) is 106 Å². The molecule has 10 aromatic rings. The van der Waals surface area contributed by atoms with Gasteiger partial charge in [-0.1, -0.05) is 78.9 Å². The number of pyridine rings is 3. The van der Waals surface area contributed by atoms with E-state index in [1.165, 1.54) is 10.8 Å². The first-order chi connectivity index (χ1) is 24.3. The van der Waals surface area contributed by atoms with Gasteiger partial charge in [0, 0.05) is 51.2 Å². The molecular formula is C45H28N4. The molecule has 228 valence electrons. The third-order valence-corrected chi connectivity index (χ3v) is 9.70. The molecule has 4 aromatic heterocycles. The second-order valence-corrected chi connectivity index (χ2v) is 12.5. The molecule has 0 bridgehead atoms. The largest absolute Gasteiger partial charge is 0.309 e. The van der Waals surface area contributed by atoms with Gasteiger partial charge < -0.3 is 4.57 Å². The molecule has 0 aliphatic rings. The van der Waals surface area contributed by atoms with Crippen LogP contribution in [-0.4, -0.2) is 19.5 Å². The summed E-state index contributed by atoms with van der Waals surface area (Å²) in [5, 5.41) is 5.78. The molecule has 0 atom stereocenters. The van der Waals surface area contributed by atoms with E-state index in [-0.39, 0.29) is 0 Å². The Balaban J connectivity index is 1.22.